The van der Waals surface area contributed by atoms with Crippen molar-refractivity contribution in [1.29, 1.82) is 0 Å². The molecule has 2 aromatic heterocycles. The number of rotatable bonds is 5. The molecule has 4 atom stereocenters. The maximum atomic E-state index is 13.5. The molecule has 13 heteroatoms. The van der Waals surface area contributed by atoms with E-state index in [1.807, 2.05) is 18.2 Å². The van der Waals surface area contributed by atoms with Gasteiger partial charge in [-0.3, -0.25) is 0 Å². The third-order valence-electron chi connectivity index (χ3n) is 7.33. The number of para-hydroxylation sites is 1. The number of aromatic nitrogens is 3. The second kappa shape index (κ2) is 7.74. The van der Waals surface area contributed by atoms with Gasteiger partial charge in [0.1, 0.15) is 5.82 Å². The van der Waals surface area contributed by atoms with Crippen molar-refractivity contribution in [2.45, 2.75) is 29.6 Å². The summed E-state index contributed by atoms with van der Waals surface area (Å²) in [4.78, 5) is 15.7. The van der Waals surface area contributed by atoms with Crippen LogP contribution in [0.1, 0.15) is 12.6 Å². The van der Waals surface area contributed by atoms with Gasteiger partial charge in [-0.2, -0.15) is 18.2 Å². The Morgan fingerprint density at radius 2 is 1.83 bits per heavy atom. The number of aliphatic hydroxyl groups is 1. The molecule has 8 nitrogen and oxygen atoms in total. The van der Waals surface area contributed by atoms with Crippen LogP contribution in [0.25, 0.3) is 10.2 Å². The normalized spacial score (nSPS) is 28.3. The Balaban J connectivity index is 1.18. The molecule has 6 rings (SSSR count). The fourth-order valence-corrected chi connectivity index (χ4v) is 8.16. The van der Waals surface area contributed by atoms with E-state index < -0.39 is 27.8 Å². The molecule has 3 fully saturated rings. The molecule has 2 aliphatic heterocycles. The van der Waals surface area contributed by atoms with Crippen LogP contribution < -0.4 is 9.80 Å². The zero-order valence-electron chi connectivity index (χ0n) is 18.6. The zero-order chi connectivity index (χ0) is 24.7. The van der Waals surface area contributed by atoms with Gasteiger partial charge in [-0.1, -0.05) is 12.1 Å². The summed E-state index contributed by atoms with van der Waals surface area (Å²) >= 11 is 1.16. The van der Waals surface area contributed by atoms with E-state index in [2.05, 4.69) is 15.0 Å². The molecule has 3 aromatic rings. The molecule has 3 aliphatic rings. The van der Waals surface area contributed by atoms with Crippen LogP contribution in [0.4, 0.5) is 24.9 Å². The lowest BCUT2D eigenvalue weighted by atomic mass is 10.0. The number of hydrogen-bond acceptors (Lipinski definition) is 9. The number of hydrogen-bond donors (Lipinski definition) is 1. The number of aliphatic hydroxyl groups excluding tert-OH is 1. The topological polar surface area (TPSA) is 99.5 Å². The molecule has 0 radical (unpaired) electrons. The molecule has 1 saturated carbocycles. The summed E-state index contributed by atoms with van der Waals surface area (Å²) in [6.45, 7) is 2.77. The maximum Gasteiger partial charge on any atom is 0.433 e. The molecule has 186 valence electrons. The lowest BCUT2D eigenvalue weighted by Crippen LogP contribution is -2.59. The number of thiazole rings is 1. The third kappa shape index (κ3) is 3.93. The highest BCUT2D eigenvalue weighted by atomic mass is 32.2. The predicted octanol–water partition coefficient (Wildman–Crippen LogP) is 2.83. The molecule has 2 unspecified atom stereocenters. The van der Waals surface area contributed by atoms with Crippen LogP contribution in [0.3, 0.4) is 0 Å². The van der Waals surface area contributed by atoms with Crippen LogP contribution in [0, 0.1) is 17.8 Å². The maximum absolute atomic E-state index is 13.5. The Bertz CT molecular complexity index is 1370. The van der Waals surface area contributed by atoms with Crippen LogP contribution in [0.5, 0.6) is 0 Å². The van der Waals surface area contributed by atoms with Crippen molar-refractivity contribution in [1.82, 2.24) is 15.0 Å². The van der Waals surface area contributed by atoms with E-state index in [0.29, 0.717) is 18.6 Å². The smallest absolute Gasteiger partial charge is 0.389 e. The number of benzene rings is 1. The minimum atomic E-state index is -4.63. The Hall–Kier alpha value is -2.51. The van der Waals surface area contributed by atoms with Gasteiger partial charge in [0.2, 0.25) is 20.1 Å². The summed E-state index contributed by atoms with van der Waals surface area (Å²) in [7, 11) is -3.55. The second-order valence-electron chi connectivity index (χ2n) is 9.49. The van der Waals surface area contributed by atoms with Crippen LogP contribution >= 0.6 is 11.3 Å². The molecule has 1 N–H and O–H groups in total. The van der Waals surface area contributed by atoms with E-state index in [1.54, 1.807) is 22.8 Å². The molecule has 1 aliphatic carbocycles. The van der Waals surface area contributed by atoms with Gasteiger partial charge >= 0.3 is 6.18 Å². The third-order valence-corrected chi connectivity index (χ3v) is 10.6. The average Bonchev–Trinajstić information content (AvgIpc) is 3.19. The molecule has 1 aromatic carbocycles. The summed E-state index contributed by atoms with van der Waals surface area (Å²) in [6, 6.07) is 7.85. The van der Waals surface area contributed by atoms with Gasteiger partial charge in [-0.25, -0.2) is 18.4 Å². The van der Waals surface area contributed by atoms with Gasteiger partial charge in [0.05, 0.1) is 28.1 Å². The minimum Gasteiger partial charge on any atom is -0.389 e. The van der Waals surface area contributed by atoms with Crippen molar-refractivity contribution in [2.24, 2.45) is 17.8 Å². The van der Waals surface area contributed by atoms with Gasteiger partial charge in [0.25, 0.3) is 0 Å². The fourth-order valence-electron chi connectivity index (χ4n) is 5.10. The van der Waals surface area contributed by atoms with E-state index in [4.69, 9.17) is 0 Å². The van der Waals surface area contributed by atoms with Crippen LogP contribution in [-0.2, 0) is 16.0 Å². The first-order chi connectivity index (χ1) is 16.5. The van der Waals surface area contributed by atoms with Gasteiger partial charge in [0.15, 0.2) is 5.69 Å². The van der Waals surface area contributed by atoms with Gasteiger partial charge < -0.3 is 14.9 Å². The highest BCUT2D eigenvalue weighted by molar-refractivity contribution is 7.93. The molecule has 0 spiro atoms. The van der Waals surface area contributed by atoms with Crippen molar-refractivity contribution in [3.8, 4) is 0 Å². The number of fused-ring (bicyclic) bond motifs is 2. The number of alkyl halides is 3. The summed E-state index contributed by atoms with van der Waals surface area (Å²) in [5, 5.41) is 9.76. The minimum absolute atomic E-state index is 0.0119. The van der Waals surface area contributed by atoms with Crippen molar-refractivity contribution in [3.63, 3.8) is 0 Å². The standard InChI is InChI=1S/C22H22F3N5O3S2/c1-11-16(31)9-30(11)20-27-18(22(23,24)25)6-19(28-20)29-7-12-13(8-29)14(12)10-35(32,33)21-26-15-4-2-3-5-17(15)34-21/h2-6,11-14,16,31H,7-10H2,1H3/t11-,12?,13?,14?,16+/m0/s1. The fraction of sp³-hybridized carbons (Fsp3) is 0.500. The Labute approximate surface area is 203 Å². The summed E-state index contributed by atoms with van der Waals surface area (Å²) in [5.41, 5.74) is -0.371. The lowest BCUT2D eigenvalue weighted by Gasteiger charge is -2.43. The van der Waals surface area contributed by atoms with Crippen molar-refractivity contribution >= 4 is 43.2 Å². The highest BCUT2D eigenvalue weighted by Gasteiger charge is 2.57. The van der Waals surface area contributed by atoms with Crippen molar-refractivity contribution in [3.05, 3.63) is 36.0 Å². The molecule has 2 saturated heterocycles. The Kier molecular flexibility index (Phi) is 5.07. The van der Waals surface area contributed by atoms with E-state index in [1.165, 1.54) is 0 Å². The largest absolute Gasteiger partial charge is 0.433 e. The Morgan fingerprint density at radius 3 is 2.46 bits per heavy atom. The summed E-state index contributed by atoms with van der Waals surface area (Å²) < 4.78 is 67.4. The Morgan fingerprint density at radius 1 is 1.11 bits per heavy atom. The quantitative estimate of drug-likeness (QED) is 0.543. The second-order valence-corrected chi connectivity index (χ2v) is 12.7. The van der Waals surface area contributed by atoms with Gasteiger partial charge in [-0.05, 0) is 36.8 Å². The van der Waals surface area contributed by atoms with Crippen molar-refractivity contribution < 1.29 is 26.7 Å². The number of sulfone groups is 1. The molecule has 4 heterocycles. The van der Waals surface area contributed by atoms with E-state index in [9.17, 15) is 26.7 Å². The first-order valence-corrected chi connectivity index (χ1v) is 13.7. The molecule has 0 bridgehead atoms. The number of anilines is 2. The summed E-state index contributed by atoms with van der Waals surface area (Å²) in [6.07, 6.45) is -5.26. The average molecular weight is 526 g/mol. The number of halogens is 3. The van der Waals surface area contributed by atoms with Crippen LogP contribution in [0.15, 0.2) is 34.7 Å². The van der Waals surface area contributed by atoms with E-state index in [0.717, 1.165) is 22.1 Å². The van der Waals surface area contributed by atoms with Crippen LogP contribution in [0.2, 0.25) is 0 Å². The molecule has 0 amide bonds. The van der Waals surface area contributed by atoms with Crippen molar-refractivity contribution in [2.75, 3.05) is 35.2 Å². The number of β-amino-alcohol motifs (C(OH)–C–C–N with tert-alkyl or cyclic N) is 1. The molecule has 35 heavy (non-hydrogen) atoms. The van der Waals surface area contributed by atoms with E-state index in [-0.39, 0.29) is 52.2 Å². The van der Waals surface area contributed by atoms with E-state index >= 15 is 0 Å². The van der Waals surface area contributed by atoms with Crippen LogP contribution in [-0.4, -0.2) is 66.0 Å². The van der Waals surface area contributed by atoms with Gasteiger partial charge in [-0.15, -0.1) is 11.3 Å². The molecular formula is C22H22F3N5O3S2. The summed E-state index contributed by atoms with van der Waals surface area (Å²) in [5.74, 6) is 0.228. The van der Waals surface area contributed by atoms with Gasteiger partial charge in [0, 0.05) is 25.7 Å². The molecular weight excluding hydrogens is 503 g/mol. The first kappa shape index (κ1) is 22.9. The monoisotopic (exact) mass is 525 g/mol. The lowest BCUT2D eigenvalue weighted by molar-refractivity contribution is -0.141. The predicted molar refractivity (Wildman–Crippen MR) is 124 cm³/mol. The highest BCUT2D eigenvalue weighted by Crippen LogP contribution is 2.53. The SMILES string of the molecule is C[C@H]1[C@H](O)CN1c1nc(N2CC3C(C2)C3CS(=O)(=O)c2nc3ccccc3s2)cc(C(F)(F)F)n1. The first-order valence-electron chi connectivity index (χ1n) is 11.3. The number of piperidine rings is 1. The number of nitrogens with zero attached hydrogens (tertiary/aromatic N) is 5. The zero-order valence-corrected chi connectivity index (χ0v) is 20.2.